The van der Waals surface area contributed by atoms with Crippen molar-refractivity contribution in [2.45, 2.75) is 37.4 Å². The van der Waals surface area contributed by atoms with Crippen LogP contribution in [0.4, 0.5) is 0 Å². The van der Waals surface area contributed by atoms with Gasteiger partial charge in [0.25, 0.3) is 0 Å². The Morgan fingerprint density at radius 3 is 2.82 bits per heavy atom. The molecule has 1 atom stereocenters. The summed E-state index contributed by atoms with van der Waals surface area (Å²) in [4.78, 5) is 10.5. The van der Waals surface area contributed by atoms with Gasteiger partial charge in [-0.05, 0) is 25.5 Å². The van der Waals surface area contributed by atoms with Crippen LogP contribution in [0.3, 0.4) is 0 Å². The van der Waals surface area contributed by atoms with Crippen molar-refractivity contribution in [2.75, 3.05) is 5.75 Å². The van der Waals surface area contributed by atoms with Gasteiger partial charge in [-0.25, -0.2) is 0 Å². The molecule has 0 aromatic rings. The lowest BCUT2D eigenvalue weighted by Gasteiger charge is -2.31. The van der Waals surface area contributed by atoms with E-state index in [0.29, 0.717) is 6.42 Å². The van der Waals surface area contributed by atoms with Crippen molar-refractivity contribution >= 4 is 17.7 Å². The average Bonchev–Trinajstić information content (AvgIpc) is 1.85. The van der Waals surface area contributed by atoms with Crippen LogP contribution in [-0.4, -0.2) is 21.6 Å². The van der Waals surface area contributed by atoms with E-state index in [4.69, 9.17) is 5.11 Å². The highest BCUT2D eigenvalue weighted by Crippen LogP contribution is 2.38. The molecule has 0 aromatic carbocycles. The van der Waals surface area contributed by atoms with Crippen molar-refractivity contribution in [3.63, 3.8) is 0 Å². The molecule has 1 aliphatic rings. The molecular formula is C8H14O2S. The second-order valence-corrected chi connectivity index (χ2v) is 5.01. The zero-order chi connectivity index (χ0) is 8.32. The summed E-state index contributed by atoms with van der Waals surface area (Å²) >= 11 is 1.81. The maximum absolute atomic E-state index is 10.5. The van der Waals surface area contributed by atoms with Gasteiger partial charge in [-0.1, -0.05) is 6.42 Å². The van der Waals surface area contributed by atoms with Crippen LogP contribution in [-0.2, 0) is 4.79 Å². The highest BCUT2D eigenvalue weighted by atomic mass is 32.2. The Morgan fingerprint density at radius 2 is 2.36 bits per heavy atom. The Labute approximate surface area is 71.4 Å². The van der Waals surface area contributed by atoms with Gasteiger partial charge in [0, 0.05) is 4.75 Å². The van der Waals surface area contributed by atoms with E-state index in [2.05, 4.69) is 6.92 Å². The van der Waals surface area contributed by atoms with E-state index in [1.807, 2.05) is 11.8 Å². The fourth-order valence-electron chi connectivity index (χ4n) is 1.45. The van der Waals surface area contributed by atoms with Gasteiger partial charge >= 0.3 is 5.97 Å². The van der Waals surface area contributed by atoms with Crippen LogP contribution in [0.2, 0.25) is 0 Å². The van der Waals surface area contributed by atoms with E-state index >= 15 is 0 Å². The minimum Gasteiger partial charge on any atom is -0.481 e. The monoisotopic (exact) mass is 174 g/mol. The van der Waals surface area contributed by atoms with E-state index in [0.717, 1.165) is 12.2 Å². The van der Waals surface area contributed by atoms with Crippen LogP contribution >= 0.6 is 11.8 Å². The maximum Gasteiger partial charge on any atom is 0.304 e. The number of carboxylic acids is 1. The number of aliphatic carboxylic acids is 1. The largest absolute Gasteiger partial charge is 0.481 e. The highest BCUT2D eigenvalue weighted by Gasteiger charge is 2.29. The number of rotatable bonds is 2. The number of hydrogen-bond acceptors (Lipinski definition) is 2. The molecule has 0 saturated carbocycles. The second-order valence-electron chi connectivity index (χ2n) is 3.33. The Morgan fingerprint density at radius 1 is 1.64 bits per heavy atom. The Hall–Kier alpha value is -0.180. The number of thioether (sulfide) groups is 1. The standard InChI is InChI=1S/C8H14O2S/c1-8(6-7(9)10)4-2-3-5-11-8/h2-6H2,1H3,(H,9,10). The molecule has 0 spiro atoms. The van der Waals surface area contributed by atoms with Crippen molar-refractivity contribution in [3.05, 3.63) is 0 Å². The van der Waals surface area contributed by atoms with E-state index < -0.39 is 5.97 Å². The number of hydrogen-bond donors (Lipinski definition) is 1. The maximum atomic E-state index is 10.5. The summed E-state index contributed by atoms with van der Waals surface area (Å²) < 4.78 is 0.0179. The van der Waals surface area contributed by atoms with Gasteiger partial charge in [-0.15, -0.1) is 0 Å². The van der Waals surface area contributed by atoms with Crippen molar-refractivity contribution in [3.8, 4) is 0 Å². The quantitative estimate of drug-likeness (QED) is 0.697. The molecule has 0 radical (unpaired) electrons. The third kappa shape index (κ3) is 2.73. The van der Waals surface area contributed by atoms with Gasteiger partial charge in [0.1, 0.15) is 0 Å². The molecule has 1 unspecified atom stereocenters. The molecule has 1 N–H and O–H groups in total. The first-order valence-corrected chi connectivity index (χ1v) is 4.97. The molecule has 0 amide bonds. The van der Waals surface area contributed by atoms with Crippen LogP contribution in [0.5, 0.6) is 0 Å². The van der Waals surface area contributed by atoms with Crippen LogP contribution in [0, 0.1) is 0 Å². The van der Waals surface area contributed by atoms with Crippen LogP contribution in [0.25, 0.3) is 0 Å². The lowest BCUT2D eigenvalue weighted by molar-refractivity contribution is -0.137. The molecule has 64 valence electrons. The van der Waals surface area contributed by atoms with Crippen molar-refractivity contribution < 1.29 is 9.90 Å². The molecule has 1 aliphatic heterocycles. The van der Waals surface area contributed by atoms with E-state index in [1.165, 1.54) is 12.8 Å². The Balaban J connectivity index is 2.43. The fourth-order valence-corrected chi connectivity index (χ4v) is 2.81. The fraction of sp³-hybridized carbons (Fsp3) is 0.875. The molecule has 1 rings (SSSR count). The zero-order valence-corrected chi connectivity index (χ0v) is 7.62. The van der Waals surface area contributed by atoms with Gasteiger partial charge in [0.05, 0.1) is 6.42 Å². The Kier molecular flexibility index (Phi) is 2.82. The first kappa shape index (κ1) is 8.91. The van der Waals surface area contributed by atoms with Crippen molar-refractivity contribution in [2.24, 2.45) is 0 Å². The summed E-state index contributed by atoms with van der Waals surface area (Å²) in [5.41, 5.74) is 0. The SMILES string of the molecule is CC1(CC(=O)O)CCCCS1. The van der Waals surface area contributed by atoms with Crippen LogP contribution < -0.4 is 0 Å². The van der Waals surface area contributed by atoms with Crippen LogP contribution in [0.15, 0.2) is 0 Å². The summed E-state index contributed by atoms with van der Waals surface area (Å²) in [6.45, 7) is 2.06. The third-order valence-corrected chi connectivity index (χ3v) is 3.61. The molecule has 3 heteroatoms. The number of carbonyl (C=O) groups is 1. The molecule has 0 bridgehead atoms. The minimum absolute atomic E-state index is 0.0179. The van der Waals surface area contributed by atoms with Gasteiger partial charge in [-0.3, -0.25) is 4.79 Å². The van der Waals surface area contributed by atoms with Crippen LogP contribution in [0.1, 0.15) is 32.6 Å². The van der Waals surface area contributed by atoms with E-state index in [-0.39, 0.29) is 4.75 Å². The first-order valence-electron chi connectivity index (χ1n) is 3.98. The predicted octanol–water partition coefficient (Wildman–Crippen LogP) is 2.14. The molecular weight excluding hydrogens is 160 g/mol. The molecule has 0 aliphatic carbocycles. The topological polar surface area (TPSA) is 37.3 Å². The summed E-state index contributed by atoms with van der Waals surface area (Å²) in [7, 11) is 0. The number of carboxylic acid groups (broad SMARTS) is 1. The second kappa shape index (κ2) is 3.48. The molecule has 1 fully saturated rings. The lowest BCUT2D eigenvalue weighted by Crippen LogP contribution is -2.27. The minimum atomic E-state index is -0.665. The lowest BCUT2D eigenvalue weighted by atomic mass is 9.99. The molecule has 2 nitrogen and oxygen atoms in total. The summed E-state index contributed by atoms with van der Waals surface area (Å²) in [6.07, 6.45) is 3.82. The molecule has 11 heavy (non-hydrogen) atoms. The first-order chi connectivity index (χ1) is 5.12. The zero-order valence-electron chi connectivity index (χ0n) is 6.80. The van der Waals surface area contributed by atoms with Crippen molar-refractivity contribution in [1.29, 1.82) is 0 Å². The molecule has 0 aromatic heterocycles. The smallest absolute Gasteiger partial charge is 0.304 e. The summed E-state index contributed by atoms with van der Waals surface area (Å²) in [5.74, 6) is 0.464. The molecule has 1 heterocycles. The normalized spacial score (nSPS) is 31.7. The van der Waals surface area contributed by atoms with Gasteiger partial charge in [0.2, 0.25) is 0 Å². The average molecular weight is 174 g/mol. The molecule has 1 saturated heterocycles. The van der Waals surface area contributed by atoms with E-state index in [9.17, 15) is 4.79 Å². The summed E-state index contributed by atoms with van der Waals surface area (Å²) in [5, 5.41) is 8.62. The van der Waals surface area contributed by atoms with Gasteiger partial charge in [-0.2, -0.15) is 11.8 Å². The summed E-state index contributed by atoms with van der Waals surface area (Å²) in [6, 6.07) is 0. The Bertz CT molecular complexity index is 150. The van der Waals surface area contributed by atoms with E-state index in [1.54, 1.807) is 0 Å². The highest BCUT2D eigenvalue weighted by molar-refractivity contribution is 8.00. The predicted molar refractivity (Wildman–Crippen MR) is 47.0 cm³/mol. The van der Waals surface area contributed by atoms with Gasteiger partial charge < -0.3 is 5.11 Å². The third-order valence-electron chi connectivity index (χ3n) is 2.08. The van der Waals surface area contributed by atoms with Crippen molar-refractivity contribution in [1.82, 2.24) is 0 Å². The van der Waals surface area contributed by atoms with Gasteiger partial charge in [0.15, 0.2) is 0 Å².